The molecule has 2 aromatic rings. The molecular weight excluding hydrogens is 328 g/mol. The van der Waals surface area contributed by atoms with Gasteiger partial charge in [0.25, 0.3) is 5.91 Å². The molecule has 5 heteroatoms. The summed E-state index contributed by atoms with van der Waals surface area (Å²) in [6, 6.07) is 14.7. The second-order valence-electron chi connectivity index (χ2n) is 6.73. The van der Waals surface area contributed by atoms with Gasteiger partial charge in [-0.2, -0.15) is 0 Å². The van der Waals surface area contributed by atoms with Crippen molar-refractivity contribution in [3.8, 4) is 5.75 Å². The van der Waals surface area contributed by atoms with Gasteiger partial charge in [0, 0.05) is 5.56 Å². The molecule has 26 heavy (non-hydrogen) atoms. The molecule has 0 heterocycles. The van der Waals surface area contributed by atoms with Gasteiger partial charge in [0.2, 0.25) is 5.91 Å². The summed E-state index contributed by atoms with van der Waals surface area (Å²) in [6.45, 7) is 6.16. The van der Waals surface area contributed by atoms with Crippen LogP contribution < -0.4 is 15.6 Å². The third-order valence-corrected chi connectivity index (χ3v) is 4.17. The van der Waals surface area contributed by atoms with Crippen molar-refractivity contribution in [1.82, 2.24) is 10.9 Å². The summed E-state index contributed by atoms with van der Waals surface area (Å²) >= 11 is 0. The Morgan fingerprint density at radius 2 is 1.54 bits per heavy atom. The molecule has 0 bridgehead atoms. The Labute approximate surface area is 154 Å². The second-order valence-corrected chi connectivity index (χ2v) is 6.73. The van der Waals surface area contributed by atoms with E-state index in [1.807, 2.05) is 19.1 Å². The lowest BCUT2D eigenvalue weighted by molar-refractivity contribution is -0.123. The van der Waals surface area contributed by atoms with E-state index in [0.717, 1.165) is 12.0 Å². The summed E-state index contributed by atoms with van der Waals surface area (Å²) in [4.78, 5) is 24.4. The van der Waals surface area contributed by atoms with Gasteiger partial charge in [-0.05, 0) is 54.7 Å². The number of amides is 2. The molecule has 1 unspecified atom stereocenters. The van der Waals surface area contributed by atoms with Gasteiger partial charge in [0.1, 0.15) is 5.75 Å². The maximum atomic E-state index is 12.3. The first-order valence-corrected chi connectivity index (χ1v) is 8.73. The van der Waals surface area contributed by atoms with Crippen LogP contribution in [0, 0.1) is 5.92 Å². The van der Waals surface area contributed by atoms with Gasteiger partial charge in [-0.3, -0.25) is 20.4 Å². The van der Waals surface area contributed by atoms with Gasteiger partial charge in [-0.25, -0.2) is 0 Å². The lowest BCUT2D eigenvalue weighted by atomic mass is 9.96. The molecule has 138 valence electrons. The Bertz CT molecular complexity index is 737. The number of ether oxygens (including phenoxy) is 1. The van der Waals surface area contributed by atoms with Crippen molar-refractivity contribution in [1.29, 1.82) is 0 Å². The monoisotopic (exact) mass is 354 g/mol. The molecule has 0 fully saturated rings. The predicted molar refractivity (Wildman–Crippen MR) is 102 cm³/mol. The lowest BCUT2D eigenvalue weighted by Crippen LogP contribution is -2.43. The van der Waals surface area contributed by atoms with E-state index in [1.54, 1.807) is 31.4 Å². The Morgan fingerprint density at radius 1 is 0.923 bits per heavy atom. The van der Waals surface area contributed by atoms with Crippen LogP contribution in [0.1, 0.15) is 48.2 Å². The van der Waals surface area contributed by atoms with E-state index < -0.39 is 0 Å². The first-order valence-electron chi connectivity index (χ1n) is 8.73. The molecule has 2 rings (SSSR count). The zero-order chi connectivity index (χ0) is 19.1. The van der Waals surface area contributed by atoms with E-state index in [0.29, 0.717) is 17.2 Å². The van der Waals surface area contributed by atoms with Crippen molar-refractivity contribution < 1.29 is 14.3 Å². The van der Waals surface area contributed by atoms with Crippen LogP contribution >= 0.6 is 0 Å². The summed E-state index contributed by atoms with van der Waals surface area (Å²) in [6.07, 6.45) is 1.01. The average molecular weight is 354 g/mol. The fourth-order valence-electron chi connectivity index (χ4n) is 2.61. The maximum absolute atomic E-state index is 12.3. The molecule has 0 aliphatic carbocycles. The highest BCUT2D eigenvalue weighted by Gasteiger charge is 2.16. The molecule has 0 aromatic heterocycles. The number of nitrogens with one attached hydrogen (secondary N) is 2. The number of hydrogen-bond donors (Lipinski definition) is 2. The molecular formula is C21H26N2O3. The summed E-state index contributed by atoms with van der Waals surface area (Å²) in [7, 11) is 1.56. The zero-order valence-corrected chi connectivity index (χ0v) is 15.7. The number of carbonyl (C=O) groups is 2. The van der Waals surface area contributed by atoms with Gasteiger partial charge in [0.15, 0.2) is 0 Å². The molecule has 2 aromatic carbocycles. The van der Waals surface area contributed by atoms with Crippen LogP contribution in [-0.2, 0) is 11.2 Å². The van der Waals surface area contributed by atoms with Crippen molar-refractivity contribution in [2.24, 2.45) is 5.92 Å². The molecule has 0 aliphatic heterocycles. The standard InChI is InChI=1S/C21H26N2O3/c1-14(2)13-16-5-7-17(8-6-16)15(3)20(24)22-23-21(25)18-9-11-19(26-4)12-10-18/h5-12,14-15H,13H2,1-4H3,(H,22,24)(H,23,25). The van der Waals surface area contributed by atoms with Crippen LogP contribution in [0.4, 0.5) is 0 Å². The van der Waals surface area contributed by atoms with Gasteiger partial charge < -0.3 is 4.74 Å². The molecule has 0 radical (unpaired) electrons. The third-order valence-electron chi connectivity index (χ3n) is 4.17. The number of hydrogen-bond acceptors (Lipinski definition) is 3. The van der Waals surface area contributed by atoms with Crippen molar-refractivity contribution >= 4 is 11.8 Å². The topological polar surface area (TPSA) is 67.4 Å². The van der Waals surface area contributed by atoms with Gasteiger partial charge in [0.05, 0.1) is 13.0 Å². The van der Waals surface area contributed by atoms with Gasteiger partial charge >= 0.3 is 0 Å². The molecule has 0 saturated carbocycles. The molecule has 5 nitrogen and oxygen atoms in total. The number of carbonyl (C=O) groups excluding carboxylic acids is 2. The zero-order valence-electron chi connectivity index (χ0n) is 15.7. The van der Waals surface area contributed by atoms with E-state index in [9.17, 15) is 9.59 Å². The largest absolute Gasteiger partial charge is 0.497 e. The van der Waals surface area contributed by atoms with E-state index in [2.05, 4.69) is 36.8 Å². The van der Waals surface area contributed by atoms with Crippen LogP contribution in [0.15, 0.2) is 48.5 Å². The van der Waals surface area contributed by atoms with E-state index >= 15 is 0 Å². The Kier molecular flexibility index (Phi) is 6.78. The van der Waals surface area contributed by atoms with Gasteiger partial charge in [-0.15, -0.1) is 0 Å². The first kappa shape index (κ1) is 19.5. The van der Waals surface area contributed by atoms with Gasteiger partial charge in [-0.1, -0.05) is 38.1 Å². The van der Waals surface area contributed by atoms with Crippen LogP contribution in [0.5, 0.6) is 5.75 Å². The highest BCUT2D eigenvalue weighted by molar-refractivity contribution is 5.96. The van der Waals surface area contributed by atoms with Crippen LogP contribution in [0.25, 0.3) is 0 Å². The highest BCUT2D eigenvalue weighted by Crippen LogP contribution is 2.17. The van der Waals surface area contributed by atoms with Crippen molar-refractivity contribution in [2.45, 2.75) is 33.1 Å². The Morgan fingerprint density at radius 3 is 2.08 bits per heavy atom. The maximum Gasteiger partial charge on any atom is 0.269 e. The smallest absolute Gasteiger partial charge is 0.269 e. The first-order chi connectivity index (χ1) is 12.4. The number of methoxy groups -OCH3 is 1. The number of hydrazine groups is 1. The minimum atomic E-state index is -0.375. The van der Waals surface area contributed by atoms with Crippen LogP contribution in [0.2, 0.25) is 0 Å². The predicted octanol–water partition coefficient (Wildman–Crippen LogP) is 3.46. The van der Waals surface area contributed by atoms with Crippen LogP contribution in [0.3, 0.4) is 0 Å². The second kappa shape index (κ2) is 9.04. The molecule has 1 atom stereocenters. The summed E-state index contributed by atoms with van der Waals surface area (Å²) < 4.78 is 5.06. The molecule has 2 amide bonds. The van der Waals surface area contributed by atoms with Crippen molar-refractivity contribution in [2.75, 3.05) is 7.11 Å². The van der Waals surface area contributed by atoms with E-state index in [-0.39, 0.29) is 17.7 Å². The normalized spacial score (nSPS) is 11.7. The number of benzene rings is 2. The SMILES string of the molecule is COc1ccc(C(=O)NNC(=O)C(C)c2ccc(CC(C)C)cc2)cc1. The molecule has 2 N–H and O–H groups in total. The highest BCUT2D eigenvalue weighted by atomic mass is 16.5. The molecule has 0 aliphatic rings. The van der Waals surface area contributed by atoms with E-state index in [4.69, 9.17) is 4.74 Å². The minimum Gasteiger partial charge on any atom is -0.497 e. The quantitative estimate of drug-likeness (QED) is 0.781. The van der Waals surface area contributed by atoms with Crippen molar-refractivity contribution in [3.63, 3.8) is 0 Å². The summed E-state index contributed by atoms with van der Waals surface area (Å²) in [5.74, 6) is 0.262. The Hall–Kier alpha value is -2.82. The lowest BCUT2D eigenvalue weighted by Gasteiger charge is -2.14. The fourth-order valence-corrected chi connectivity index (χ4v) is 2.61. The van der Waals surface area contributed by atoms with E-state index in [1.165, 1.54) is 5.56 Å². The molecule has 0 saturated heterocycles. The summed E-state index contributed by atoms with van der Waals surface area (Å²) in [5.41, 5.74) is 7.54. The summed E-state index contributed by atoms with van der Waals surface area (Å²) in [5, 5.41) is 0. The molecule has 0 spiro atoms. The van der Waals surface area contributed by atoms with Crippen LogP contribution in [-0.4, -0.2) is 18.9 Å². The average Bonchev–Trinajstić information content (AvgIpc) is 2.65. The van der Waals surface area contributed by atoms with Crippen molar-refractivity contribution in [3.05, 3.63) is 65.2 Å². The third kappa shape index (κ3) is 5.34. The number of rotatable bonds is 6. The fraction of sp³-hybridized carbons (Fsp3) is 0.333. The minimum absolute atomic E-state index is 0.261. The Balaban J connectivity index is 1.90.